The third-order valence-corrected chi connectivity index (χ3v) is 7.25. The molecular weight excluding hydrogens is 538 g/mol. The van der Waals surface area contributed by atoms with E-state index in [1.54, 1.807) is 0 Å². The standard InChI is InChI=1S/C21H25ClFIN4O3/c1-10-16(24)13-14(19(30-5)26-17(22)15(13)23)18(25-10)27-8-11-6-7-12(9-27)28(11)20(29)31-21(2,3)4/h11-12H,6-9H2,1-5H3. The Morgan fingerprint density at radius 3 is 2.35 bits per heavy atom. The monoisotopic (exact) mass is 562 g/mol. The molecule has 0 spiro atoms. The number of methoxy groups -OCH3 is 1. The normalized spacial score (nSPS) is 21.0. The van der Waals surface area contributed by atoms with Crippen molar-refractivity contribution in [3.8, 4) is 5.88 Å². The maximum atomic E-state index is 15.0. The van der Waals surface area contributed by atoms with Gasteiger partial charge in [-0.15, -0.1) is 0 Å². The van der Waals surface area contributed by atoms with E-state index in [4.69, 9.17) is 26.1 Å². The van der Waals surface area contributed by atoms with Crippen molar-refractivity contribution in [1.82, 2.24) is 14.9 Å². The third kappa shape index (κ3) is 3.99. The Morgan fingerprint density at radius 2 is 1.81 bits per heavy atom. The second kappa shape index (κ2) is 8.06. The minimum absolute atomic E-state index is 0.00105. The van der Waals surface area contributed by atoms with Crippen molar-refractivity contribution in [2.24, 2.45) is 0 Å². The summed E-state index contributed by atoms with van der Waals surface area (Å²) in [5.41, 5.74) is 0.155. The van der Waals surface area contributed by atoms with Crippen LogP contribution in [-0.2, 0) is 4.74 Å². The number of rotatable bonds is 2. The summed E-state index contributed by atoms with van der Waals surface area (Å²) in [6, 6.07) is 0.00210. The number of pyridine rings is 2. The lowest BCUT2D eigenvalue weighted by atomic mass is 10.1. The van der Waals surface area contributed by atoms with Crippen LogP contribution in [-0.4, -0.2) is 58.8 Å². The number of nitrogens with zero attached hydrogens (tertiary/aromatic N) is 4. The van der Waals surface area contributed by atoms with Gasteiger partial charge in [-0.3, -0.25) is 4.90 Å². The molecule has 2 aliphatic rings. The number of aromatic nitrogens is 2. The molecule has 0 aliphatic carbocycles. The van der Waals surface area contributed by atoms with Gasteiger partial charge in [-0.2, -0.15) is 4.98 Å². The summed E-state index contributed by atoms with van der Waals surface area (Å²) >= 11 is 8.11. The molecule has 2 aliphatic heterocycles. The maximum Gasteiger partial charge on any atom is 0.410 e. The average molecular weight is 563 g/mol. The van der Waals surface area contributed by atoms with E-state index in [1.807, 2.05) is 32.6 Å². The Morgan fingerprint density at radius 1 is 1.19 bits per heavy atom. The molecule has 4 rings (SSSR count). The first-order valence-corrected chi connectivity index (χ1v) is 11.6. The number of carbonyl (C=O) groups is 1. The summed E-state index contributed by atoms with van der Waals surface area (Å²) in [6.45, 7) is 8.60. The number of aryl methyl sites for hydroxylation is 1. The Hall–Kier alpha value is -1.62. The van der Waals surface area contributed by atoms with Gasteiger partial charge < -0.3 is 14.4 Å². The molecule has 0 aromatic carbocycles. The number of ether oxygens (including phenoxy) is 2. The van der Waals surface area contributed by atoms with Gasteiger partial charge in [0.25, 0.3) is 0 Å². The smallest absolute Gasteiger partial charge is 0.410 e. The topological polar surface area (TPSA) is 67.8 Å². The molecule has 0 radical (unpaired) electrons. The van der Waals surface area contributed by atoms with E-state index >= 15 is 4.39 Å². The fraction of sp³-hybridized carbons (Fsp3) is 0.571. The van der Waals surface area contributed by atoms with E-state index in [0.717, 1.165) is 12.8 Å². The number of halogens is 3. The quantitative estimate of drug-likeness (QED) is 0.382. The van der Waals surface area contributed by atoms with Crippen molar-refractivity contribution < 1.29 is 18.7 Å². The van der Waals surface area contributed by atoms with E-state index in [1.165, 1.54) is 7.11 Å². The van der Waals surface area contributed by atoms with Gasteiger partial charge in [0.15, 0.2) is 11.0 Å². The van der Waals surface area contributed by atoms with E-state index in [-0.39, 0.29) is 29.2 Å². The highest BCUT2D eigenvalue weighted by molar-refractivity contribution is 14.1. The maximum absolute atomic E-state index is 15.0. The Bertz CT molecular complexity index is 1040. The lowest BCUT2D eigenvalue weighted by molar-refractivity contribution is 0.0123. The van der Waals surface area contributed by atoms with Gasteiger partial charge in [-0.05, 0) is 63.1 Å². The highest BCUT2D eigenvalue weighted by Gasteiger charge is 2.45. The van der Waals surface area contributed by atoms with Crippen LogP contribution in [0.4, 0.5) is 15.0 Å². The second-order valence-corrected chi connectivity index (χ2v) is 10.4. The number of amides is 1. The molecule has 31 heavy (non-hydrogen) atoms. The molecule has 2 atom stereocenters. The van der Waals surface area contributed by atoms with Gasteiger partial charge in [0, 0.05) is 22.0 Å². The number of carbonyl (C=O) groups excluding carboxylic acids is 1. The van der Waals surface area contributed by atoms with Gasteiger partial charge in [0.2, 0.25) is 5.88 Å². The Kier molecular flexibility index (Phi) is 5.87. The molecule has 2 bridgehead atoms. The second-order valence-electron chi connectivity index (χ2n) is 8.99. The molecule has 2 fully saturated rings. The zero-order valence-corrected chi connectivity index (χ0v) is 21.0. The summed E-state index contributed by atoms with van der Waals surface area (Å²) in [5, 5.41) is 0.639. The average Bonchev–Trinajstić information content (AvgIpc) is 2.95. The van der Waals surface area contributed by atoms with E-state index in [9.17, 15) is 4.79 Å². The Balaban J connectivity index is 1.76. The van der Waals surface area contributed by atoms with Gasteiger partial charge >= 0.3 is 6.09 Å². The first kappa shape index (κ1) is 22.6. The van der Waals surface area contributed by atoms with Crippen LogP contribution in [0.1, 0.15) is 39.3 Å². The number of piperazine rings is 1. The largest absolute Gasteiger partial charge is 0.480 e. The summed E-state index contributed by atoms with van der Waals surface area (Å²) in [6.07, 6.45) is 1.49. The molecule has 2 saturated heterocycles. The van der Waals surface area contributed by atoms with Crippen molar-refractivity contribution >= 4 is 56.9 Å². The summed E-state index contributed by atoms with van der Waals surface area (Å²) in [5.74, 6) is 0.265. The molecule has 2 unspecified atom stereocenters. The van der Waals surface area contributed by atoms with Crippen LogP contribution in [0.5, 0.6) is 5.88 Å². The van der Waals surface area contributed by atoms with Crippen LogP contribution in [0.2, 0.25) is 5.15 Å². The lowest BCUT2D eigenvalue weighted by Gasteiger charge is -2.42. The number of hydrogen-bond acceptors (Lipinski definition) is 6. The zero-order chi connectivity index (χ0) is 22.7. The number of fused-ring (bicyclic) bond motifs is 3. The van der Waals surface area contributed by atoms with E-state index in [0.29, 0.717) is 38.9 Å². The van der Waals surface area contributed by atoms with Crippen molar-refractivity contribution in [2.45, 2.75) is 58.2 Å². The van der Waals surface area contributed by atoms with Gasteiger partial charge in [0.05, 0.1) is 30.3 Å². The first-order valence-electron chi connectivity index (χ1n) is 10.2. The lowest BCUT2D eigenvalue weighted by Crippen LogP contribution is -2.57. The number of anilines is 1. The minimum atomic E-state index is -0.580. The van der Waals surface area contributed by atoms with Gasteiger partial charge in [0.1, 0.15) is 11.4 Å². The zero-order valence-electron chi connectivity index (χ0n) is 18.1. The third-order valence-electron chi connectivity index (χ3n) is 5.68. The van der Waals surface area contributed by atoms with Crippen molar-refractivity contribution in [3.05, 3.63) is 20.2 Å². The molecule has 0 N–H and O–H groups in total. The van der Waals surface area contributed by atoms with Crippen LogP contribution in [0.25, 0.3) is 10.8 Å². The van der Waals surface area contributed by atoms with E-state index < -0.39 is 11.4 Å². The van der Waals surface area contributed by atoms with Crippen LogP contribution in [0.3, 0.4) is 0 Å². The number of hydrogen-bond donors (Lipinski definition) is 0. The molecular formula is C21H25ClFIN4O3. The molecule has 2 aromatic heterocycles. The van der Waals surface area contributed by atoms with Crippen molar-refractivity contribution in [3.63, 3.8) is 0 Å². The van der Waals surface area contributed by atoms with Crippen LogP contribution in [0, 0.1) is 16.3 Å². The predicted octanol–water partition coefficient (Wildman–Crippen LogP) is 4.93. The summed E-state index contributed by atoms with van der Waals surface area (Å²) < 4.78 is 26.8. The highest BCUT2D eigenvalue weighted by atomic mass is 127. The molecule has 4 heterocycles. The molecule has 168 valence electrons. The fourth-order valence-electron chi connectivity index (χ4n) is 4.44. The Labute approximate surface area is 199 Å². The predicted molar refractivity (Wildman–Crippen MR) is 126 cm³/mol. The summed E-state index contributed by atoms with van der Waals surface area (Å²) in [4.78, 5) is 25.6. The molecule has 7 nitrogen and oxygen atoms in total. The fourth-order valence-corrected chi connectivity index (χ4v) is 5.24. The SMILES string of the molecule is COc1nc(Cl)c(F)c2c(I)c(C)nc(N3CC4CCC(C3)N4C(=O)OC(C)(C)C)c12. The molecule has 10 heteroatoms. The van der Waals surface area contributed by atoms with E-state index in [2.05, 4.69) is 32.5 Å². The van der Waals surface area contributed by atoms with Crippen LogP contribution in [0.15, 0.2) is 0 Å². The van der Waals surface area contributed by atoms with Crippen LogP contribution >= 0.6 is 34.2 Å². The van der Waals surface area contributed by atoms with Crippen LogP contribution < -0.4 is 9.64 Å². The molecule has 0 saturated carbocycles. The highest BCUT2D eigenvalue weighted by Crippen LogP contribution is 2.42. The summed E-state index contributed by atoms with van der Waals surface area (Å²) in [7, 11) is 1.48. The van der Waals surface area contributed by atoms with Crippen molar-refractivity contribution in [2.75, 3.05) is 25.1 Å². The minimum Gasteiger partial charge on any atom is -0.480 e. The molecule has 2 aromatic rings. The van der Waals surface area contributed by atoms with Gasteiger partial charge in [-0.1, -0.05) is 11.6 Å². The molecule has 1 amide bonds. The first-order chi connectivity index (χ1) is 14.5. The van der Waals surface area contributed by atoms with Crippen molar-refractivity contribution in [1.29, 1.82) is 0 Å². The van der Waals surface area contributed by atoms with Gasteiger partial charge in [-0.25, -0.2) is 14.2 Å².